The first-order valence-electron chi connectivity index (χ1n) is 17.3. The predicted octanol–water partition coefficient (Wildman–Crippen LogP) is 6.99. The van der Waals surface area contributed by atoms with E-state index in [9.17, 15) is 14.4 Å². The SMILES string of the molecule is CC(C)(C)OC(=O)Nc1ccc2nn([C@H]3CC[C@H](CN4CCC(c5cccc6c(N7CCC(=O)NC7=O)cncc56)CC4)CC3)cc2c1. The van der Waals surface area contributed by atoms with Crippen LogP contribution in [-0.4, -0.2) is 69.5 Å². The molecule has 0 unspecified atom stereocenters. The highest BCUT2D eigenvalue weighted by Crippen LogP contribution is 2.38. The number of benzene rings is 2. The zero-order valence-electron chi connectivity index (χ0n) is 28.1. The molecule has 3 aliphatic rings. The second-order valence-electron chi connectivity index (χ2n) is 14.6. The van der Waals surface area contributed by atoms with E-state index in [1.54, 1.807) is 11.1 Å². The van der Waals surface area contributed by atoms with Crippen molar-refractivity contribution >= 4 is 51.1 Å². The lowest BCUT2D eigenvalue weighted by molar-refractivity contribution is -0.120. The van der Waals surface area contributed by atoms with Crippen LogP contribution in [-0.2, 0) is 9.53 Å². The van der Waals surface area contributed by atoms with Gasteiger partial charge in [0.15, 0.2) is 0 Å². The van der Waals surface area contributed by atoms with Crippen LogP contribution in [0, 0.1) is 5.92 Å². The molecule has 48 heavy (non-hydrogen) atoms. The minimum absolute atomic E-state index is 0.234. The Balaban J connectivity index is 0.922. The van der Waals surface area contributed by atoms with E-state index < -0.39 is 11.7 Å². The number of anilines is 2. The molecule has 0 bridgehead atoms. The van der Waals surface area contributed by atoms with Gasteiger partial charge in [0.05, 0.1) is 23.4 Å². The number of carbonyl (C=O) groups excluding carboxylic acids is 3. The smallest absolute Gasteiger partial charge is 0.412 e. The number of amides is 4. The van der Waals surface area contributed by atoms with E-state index >= 15 is 0 Å². The molecule has 252 valence electrons. The fourth-order valence-corrected chi connectivity index (χ4v) is 7.68. The molecule has 2 aromatic carbocycles. The summed E-state index contributed by atoms with van der Waals surface area (Å²) in [5, 5.41) is 13.3. The van der Waals surface area contributed by atoms with Crippen LogP contribution in [0.4, 0.5) is 21.0 Å². The van der Waals surface area contributed by atoms with Crippen molar-refractivity contribution in [3.05, 3.63) is 60.6 Å². The number of pyridine rings is 1. The quantitative estimate of drug-likeness (QED) is 0.231. The Morgan fingerprint density at radius 3 is 2.52 bits per heavy atom. The summed E-state index contributed by atoms with van der Waals surface area (Å²) in [6, 6.07) is 12.2. The fraction of sp³-hybridized carbons (Fsp3) is 0.486. The highest BCUT2D eigenvalue weighted by atomic mass is 16.6. The number of likely N-dealkylation sites (tertiary alicyclic amines) is 1. The fourth-order valence-electron chi connectivity index (χ4n) is 7.68. The predicted molar refractivity (Wildman–Crippen MR) is 186 cm³/mol. The number of nitrogens with zero attached hydrogens (tertiary/aromatic N) is 5. The number of imide groups is 1. The number of ether oxygens (including phenoxy) is 1. The third-order valence-corrected chi connectivity index (χ3v) is 10.1. The van der Waals surface area contributed by atoms with Crippen molar-refractivity contribution < 1.29 is 19.1 Å². The number of piperidine rings is 1. The minimum Gasteiger partial charge on any atom is -0.444 e. The molecule has 11 heteroatoms. The Hall–Kier alpha value is -4.51. The van der Waals surface area contributed by atoms with Gasteiger partial charge in [-0.25, -0.2) is 9.59 Å². The van der Waals surface area contributed by atoms with Crippen LogP contribution >= 0.6 is 0 Å². The van der Waals surface area contributed by atoms with Crippen molar-refractivity contribution in [1.82, 2.24) is 25.0 Å². The molecule has 7 rings (SSSR count). The van der Waals surface area contributed by atoms with Crippen molar-refractivity contribution in [2.45, 2.75) is 83.3 Å². The van der Waals surface area contributed by atoms with Gasteiger partial charge in [-0.05, 0) is 108 Å². The van der Waals surface area contributed by atoms with Gasteiger partial charge in [0.2, 0.25) is 5.91 Å². The molecule has 2 aromatic heterocycles. The van der Waals surface area contributed by atoms with Crippen LogP contribution in [0.5, 0.6) is 0 Å². The largest absolute Gasteiger partial charge is 0.444 e. The number of hydrogen-bond acceptors (Lipinski definition) is 7. The molecule has 2 saturated heterocycles. The first-order valence-corrected chi connectivity index (χ1v) is 17.3. The Morgan fingerprint density at radius 2 is 1.77 bits per heavy atom. The van der Waals surface area contributed by atoms with Crippen molar-refractivity contribution in [1.29, 1.82) is 0 Å². The van der Waals surface area contributed by atoms with E-state index in [2.05, 4.69) is 49.6 Å². The van der Waals surface area contributed by atoms with Gasteiger partial charge in [-0.3, -0.25) is 30.0 Å². The average Bonchev–Trinajstić information content (AvgIpc) is 3.48. The normalized spacial score (nSPS) is 21.4. The van der Waals surface area contributed by atoms with E-state index in [-0.39, 0.29) is 11.9 Å². The van der Waals surface area contributed by atoms with Crippen molar-refractivity contribution in [2.75, 3.05) is 36.4 Å². The Bertz CT molecular complexity index is 1830. The lowest BCUT2D eigenvalue weighted by atomic mass is 9.84. The summed E-state index contributed by atoms with van der Waals surface area (Å²) in [4.78, 5) is 45.3. The van der Waals surface area contributed by atoms with Gasteiger partial charge in [0, 0.05) is 53.8 Å². The number of rotatable bonds is 6. The van der Waals surface area contributed by atoms with Crippen molar-refractivity contribution in [2.24, 2.45) is 5.92 Å². The van der Waals surface area contributed by atoms with E-state index in [4.69, 9.17) is 9.84 Å². The number of urea groups is 1. The van der Waals surface area contributed by atoms with Gasteiger partial charge < -0.3 is 9.64 Å². The van der Waals surface area contributed by atoms with Crippen molar-refractivity contribution in [3.63, 3.8) is 0 Å². The van der Waals surface area contributed by atoms with Gasteiger partial charge in [-0.2, -0.15) is 5.10 Å². The molecule has 4 amide bonds. The molecule has 1 aliphatic carbocycles. The molecule has 2 aliphatic heterocycles. The number of hydrogen-bond donors (Lipinski definition) is 2. The number of aromatic nitrogens is 3. The monoisotopic (exact) mass is 651 g/mol. The Labute approximate surface area is 281 Å². The second-order valence-corrected chi connectivity index (χ2v) is 14.6. The summed E-state index contributed by atoms with van der Waals surface area (Å²) < 4.78 is 7.52. The van der Waals surface area contributed by atoms with E-state index in [1.807, 2.05) is 45.2 Å². The van der Waals surface area contributed by atoms with Gasteiger partial charge in [-0.1, -0.05) is 18.2 Å². The molecule has 11 nitrogen and oxygen atoms in total. The molecule has 0 atom stereocenters. The zero-order chi connectivity index (χ0) is 33.4. The highest BCUT2D eigenvalue weighted by molar-refractivity contribution is 6.10. The Kier molecular flexibility index (Phi) is 8.80. The molecule has 4 heterocycles. The molecular weight excluding hydrogens is 606 g/mol. The number of fused-ring (bicyclic) bond motifs is 2. The van der Waals surface area contributed by atoms with E-state index in [0.29, 0.717) is 36.5 Å². The van der Waals surface area contributed by atoms with Gasteiger partial charge in [0.25, 0.3) is 0 Å². The molecule has 3 fully saturated rings. The van der Waals surface area contributed by atoms with Gasteiger partial charge >= 0.3 is 12.1 Å². The Morgan fingerprint density at radius 1 is 0.979 bits per heavy atom. The summed E-state index contributed by atoms with van der Waals surface area (Å²) in [5.41, 5.74) is 3.15. The molecule has 1 saturated carbocycles. The summed E-state index contributed by atoms with van der Waals surface area (Å²) >= 11 is 0. The van der Waals surface area contributed by atoms with Gasteiger partial charge in [-0.15, -0.1) is 0 Å². The van der Waals surface area contributed by atoms with Crippen LogP contribution in [0.1, 0.15) is 83.2 Å². The molecular formula is C37H45N7O4. The maximum absolute atomic E-state index is 12.6. The maximum Gasteiger partial charge on any atom is 0.412 e. The summed E-state index contributed by atoms with van der Waals surface area (Å²) in [7, 11) is 0. The van der Waals surface area contributed by atoms with Crippen LogP contribution in [0.15, 0.2) is 55.0 Å². The van der Waals surface area contributed by atoms with Crippen LogP contribution < -0.4 is 15.5 Å². The summed E-state index contributed by atoms with van der Waals surface area (Å²) in [6.45, 7) is 9.22. The summed E-state index contributed by atoms with van der Waals surface area (Å²) in [6.07, 6.45) is 12.4. The molecule has 2 N–H and O–H groups in total. The maximum atomic E-state index is 12.6. The highest BCUT2D eigenvalue weighted by Gasteiger charge is 2.29. The minimum atomic E-state index is -0.546. The van der Waals surface area contributed by atoms with Crippen LogP contribution in [0.25, 0.3) is 21.7 Å². The lowest BCUT2D eigenvalue weighted by Crippen LogP contribution is -2.49. The lowest BCUT2D eigenvalue weighted by Gasteiger charge is -2.37. The third kappa shape index (κ3) is 7.01. The average molecular weight is 652 g/mol. The van der Waals surface area contributed by atoms with Crippen LogP contribution in [0.3, 0.4) is 0 Å². The number of nitrogens with one attached hydrogen (secondary N) is 2. The second kappa shape index (κ2) is 13.2. The zero-order valence-corrected chi connectivity index (χ0v) is 28.1. The first-order chi connectivity index (χ1) is 23.1. The van der Waals surface area contributed by atoms with Crippen LogP contribution in [0.2, 0.25) is 0 Å². The molecule has 0 spiro atoms. The van der Waals surface area contributed by atoms with Crippen molar-refractivity contribution in [3.8, 4) is 0 Å². The van der Waals surface area contributed by atoms with E-state index in [1.165, 1.54) is 18.4 Å². The summed E-state index contributed by atoms with van der Waals surface area (Å²) in [5.74, 6) is 0.907. The first kappa shape index (κ1) is 32.1. The van der Waals surface area contributed by atoms with Gasteiger partial charge in [0.1, 0.15) is 5.60 Å². The van der Waals surface area contributed by atoms with E-state index in [0.717, 1.165) is 72.7 Å². The third-order valence-electron chi connectivity index (χ3n) is 10.1. The number of carbonyl (C=O) groups is 3. The standard InChI is InChI=1S/C37H45N7O4/c1-37(2,3)48-36(47)39-27-9-12-32-26(19-27)23-44(41-32)28-10-7-24(8-11-28)22-42-16-13-25(14-17-42)29-5-4-6-30-31(29)20-38-21-33(30)43-18-15-34(45)40-35(43)46/h4-6,9,12,19-21,23-25,28H,7-8,10-11,13-18,22H2,1-3H3,(H,39,47)(H,40,45,46)/t24-,28-. The topological polar surface area (TPSA) is 122 Å². The molecule has 0 radical (unpaired) electrons. The molecule has 4 aromatic rings.